The van der Waals surface area contributed by atoms with Crippen LogP contribution in [0.5, 0.6) is 5.75 Å². The van der Waals surface area contributed by atoms with Gasteiger partial charge in [-0.25, -0.2) is 8.42 Å². The molecule has 20 heavy (non-hydrogen) atoms. The third-order valence-electron chi connectivity index (χ3n) is 2.90. The Labute approximate surface area is 114 Å². The molecule has 0 amide bonds. The minimum Gasteiger partial charge on any atom is -0.406 e. The summed E-state index contributed by atoms with van der Waals surface area (Å²) in [6, 6.07) is 4.89. The molecule has 1 N–H and O–H groups in total. The van der Waals surface area contributed by atoms with E-state index in [-0.39, 0.29) is 23.2 Å². The molecular formula is C12H14F3NO3S. The van der Waals surface area contributed by atoms with Gasteiger partial charge in [-0.15, -0.1) is 13.2 Å². The molecular weight excluding hydrogens is 295 g/mol. The van der Waals surface area contributed by atoms with Gasteiger partial charge in [0.05, 0.1) is 11.5 Å². The second-order valence-electron chi connectivity index (χ2n) is 4.77. The van der Waals surface area contributed by atoms with E-state index < -0.39 is 16.2 Å². The zero-order valence-electron chi connectivity index (χ0n) is 10.5. The number of benzene rings is 1. The Morgan fingerprint density at radius 1 is 1.20 bits per heavy atom. The van der Waals surface area contributed by atoms with Gasteiger partial charge >= 0.3 is 6.36 Å². The lowest BCUT2D eigenvalue weighted by molar-refractivity contribution is -0.274. The van der Waals surface area contributed by atoms with Crippen molar-refractivity contribution in [3.05, 3.63) is 29.8 Å². The van der Waals surface area contributed by atoms with E-state index in [0.717, 1.165) is 12.1 Å². The molecule has 1 heterocycles. The maximum Gasteiger partial charge on any atom is 0.573 e. The van der Waals surface area contributed by atoms with Gasteiger partial charge in [0.2, 0.25) is 0 Å². The lowest BCUT2D eigenvalue weighted by Crippen LogP contribution is -2.45. The van der Waals surface area contributed by atoms with Crippen molar-refractivity contribution in [1.82, 2.24) is 5.32 Å². The highest BCUT2D eigenvalue weighted by Crippen LogP contribution is 2.23. The maximum atomic E-state index is 12.0. The van der Waals surface area contributed by atoms with Crippen molar-refractivity contribution in [3.63, 3.8) is 0 Å². The normalized spacial score (nSPS) is 16.8. The predicted molar refractivity (Wildman–Crippen MR) is 67.0 cm³/mol. The van der Waals surface area contributed by atoms with Gasteiger partial charge in [-0.1, -0.05) is 12.1 Å². The van der Waals surface area contributed by atoms with Crippen molar-refractivity contribution in [2.45, 2.75) is 12.1 Å². The standard InChI is InChI=1S/C12H14F3NO3S/c13-12(14,15)19-11-3-1-9(2-4-11)7-20(17,18)8-10-5-16-6-10/h1-4,10,16H,5-8H2. The van der Waals surface area contributed by atoms with Gasteiger partial charge in [0.25, 0.3) is 0 Å². The third kappa shape index (κ3) is 4.68. The molecule has 0 atom stereocenters. The average Bonchev–Trinajstić information content (AvgIpc) is 2.24. The molecule has 2 rings (SSSR count). The SMILES string of the molecule is O=S(=O)(Cc1ccc(OC(F)(F)F)cc1)CC1CNC1. The van der Waals surface area contributed by atoms with E-state index >= 15 is 0 Å². The Bertz CT molecular complexity index is 550. The number of hydrogen-bond acceptors (Lipinski definition) is 4. The number of rotatable bonds is 5. The Hall–Kier alpha value is -1.28. The van der Waals surface area contributed by atoms with Crippen LogP contribution in [-0.4, -0.2) is 33.6 Å². The van der Waals surface area contributed by atoms with Gasteiger partial charge < -0.3 is 10.1 Å². The molecule has 0 bridgehead atoms. The first-order valence-corrected chi connectivity index (χ1v) is 7.81. The fourth-order valence-electron chi connectivity index (χ4n) is 1.93. The van der Waals surface area contributed by atoms with Crippen molar-refractivity contribution >= 4 is 9.84 Å². The van der Waals surface area contributed by atoms with Gasteiger partial charge in [-0.05, 0) is 23.6 Å². The van der Waals surface area contributed by atoms with Gasteiger partial charge in [-0.2, -0.15) is 0 Å². The number of nitrogens with one attached hydrogen (secondary N) is 1. The summed E-state index contributed by atoms with van der Waals surface area (Å²) < 4.78 is 63.4. The zero-order chi connectivity index (χ0) is 14.8. The molecule has 0 unspecified atom stereocenters. The average molecular weight is 309 g/mol. The Morgan fingerprint density at radius 3 is 2.25 bits per heavy atom. The minimum absolute atomic E-state index is 0.0980. The smallest absolute Gasteiger partial charge is 0.406 e. The zero-order valence-corrected chi connectivity index (χ0v) is 11.3. The number of halogens is 3. The van der Waals surface area contributed by atoms with Crippen LogP contribution in [-0.2, 0) is 15.6 Å². The Morgan fingerprint density at radius 2 is 1.80 bits per heavy atom. The second kappa shape index (κ2) is 5.61. The fourth-order valence-corrected chi connectivity index (χ4v) is 3.70. The van der Waals surface area contributed by atoms with Crippen molar-refractivity contribution in [2.75, 3.05) is 18.8 Å². The molecule has 0 spiro atoms. The largest absolute Gasteiger partial charge is 0.573 e. The summed E-state index contributed by atoms with van der Waals surface area (Å²) in [5, 5.41) is 2.99. The van der Waals surface area contributed by atoms with Crippen LogP contribution >= 0.6 is 0 Å². The molecule has 0 radical (unpaired) electrons. The molecule has 0 saturated carbocycles. The summed E-state index contributed by atoms with van der Waals surface area (Å²) in [5.74, 6) is -0.300. The van der Waals surface area contributed by atoms with Crippen molar-refractivity contribution < 1.29 is 26.3 Å². The van der Waals surface area contributed by atoms with Crippen molar-refractivity contribution in [2.24, 2.45) is 5.92 Å². The summed E-state index contributed by atoms with van der Waals surface area (Å²) in [6.45, 7) is 1.38. The first kappa shape index (κ1) is 15.1. The number of ether oxygens (including phenoxy) is 1. The van der Waals surface area contributed by atoms with Crippen LogP contribution in [0.1, 0.15) is 5.56 Å². The highest BCUT2D eigenvalue weighted by molar-refractivity contribution is 7.90. The molecule has 1 aromatic carbocycles. The van der Waals surface area contributed by atoms with E-state index in [4.69, 9.17) is 0 Å². The summed E-state index contributed by atoms with van der Waals surface area (Å²) in [5.41, 5.74) is 0.451. The van der Waals surface area contributed by atoms with Gasteiger partial charge in [0.1, 0.15) is 5.75 Å². The summed E-state index contributed by atoms with van der Waals surface area (Å²) in [6.07, 6.45) is -4.75. The Balaban J connectivity index is 1.96. The van der Waals surface area contributed by atoms with E-state index in [1.165, 1.54) is 12.1 Å². The molecule has 8 heteroatoms. The summed E-state index contributed by atoms with van der Waals surface area (Å²) in [4.78, 5) is 0. The highest BCUT2D eigenvalue weighted by atomic mass is 32.2. The monoisotopic (exact) mass is 309 g/mol. The Kier molecular flexibility index (Phi) is 4.24. The molecule has 1 aromatic rings. The van der Waals surface area contributed by atoms with Crippen LogP contribution in [0.4, 0.5) is 13.2 Å². The fraction of sp³-hybridized carbons (Fsp3) is 0.500. The molecule has 1 aliphatic heterocycles. The number of hydrogen-bond donors (Lipinski definition) is 1. The van der Waals surface area contributed by atoms with E-state index in [1.54, 1.807) is 0 Å². The highest BCUT2D eigenvalue weighted by Gasteiger charge is 2.31. The topological polar surface area (TPSA) is 55.4 Å². The van der Waals surface area contributed by atoms with E-state index in [0.29, 0.717) is 18.7 Å². The van der Waals surface area contributed by atoms with Crippen LogP contribution in [0, 0.1) is 5.92 Å². The van der Waals surface area contributed by atoms with Gasteiger partial charge in [0.15, 0.2) is 9.84 Å². The quantitative estimate of drug-likeness (QED) is 0.900. The molecule has 0 aliphatic carbocycles. The van der Waals surface area contributed by atoms with Gasteiger partial charge in [0, 0.05) is 13.1 Å². The second-order valence-corrected chi connectivity index (χ2v) is 6.88. The van der Waals surface area contributed by atoms with Crippen LogP contribution in [0.2, 0.25) is 0 Å². The lowest BCUT2D eigenvalue weighted by atomic mass is 10.1. The molecule has 0 aromatic heterocycles. The summed E-state index contributed by atoms with van der Waals surface area (Å²) >= 11 is 0. The van der Waals surface area contributed by atoms with E-state index in [9.17, 15) is 21.6 Å². The maximum absolute atomic E-state index is 12.0. The molecule has 4 nitrogen and oxygen atoms in total. The minimum atomic E-state index is -4.75. The molecule has 112 valence electrons. The lowest BCUT2D eigenvalue weighted by Gasteiger charge is -2.26. The molecule has 1 fully saturated rings. The first-order chi connectivity index (χ1) is 9.23. The van der Waals surface area contributed by atoms with Crippen LogP contribution in [0.25, 0.3) is 0 Å². The van der Waals surface area contributed by atoms with E-state index in [2.05, 4.69) is 10.1 Å². The third-order valence-corrected chi connectivity index (χ3v) is 4.65. The number of sulfone groups is 1. The molecule has 1 saturated heterocycles. The summed E-state index contributed by atoms with van der Waals surface area (Å²) in [7, 11) is -3.25. The first-order valence-electron chi connectivity index (χ1n) is 5.99. The predicted octanol–water partition coefficient (Wildman–Crippen LogP) is 1.72. The van der Waals surface area contributed by atoms with Gasteiger partial charge in [-0.3, -0.25) is 0 Å². The molecule has 1 aliphatic rings. The van der Waals surface area contributed by atoms with Crippen LogP contribution in [0.3, 0.4) is 0 Å². The van der Waals surface area contributed by atoms with E-state index in [1.807, 2.05) is 0 Å². The van der Waals surface area contributed by atoms with Crippen LogP contribution < -0.4 is 10.1 Å². The van der Waals surface area contributed by atoms with Crippen molar-refractivity contribution in [1.29, 1.82) is 0 Å². The number of alkyl halides is 3. The van der Waals surface area contributed by atoms with Crippen molar-refractivity contribution in [3.8, 4) is 5.75 Å². The van der Waals surface area contributed by atoms with Crippen LogP contribution in [0.15, 0.2) is 24.3 Å².